The summed E-state index contributed by atoms with van der Waals surface area (Å²) in [5.74, 6) is -0.408. The highest BCUT2D eigenvalue weighted by Gasteiger charge is 2.45. The van der Waals surface area contributed by atoms with Crippen molar-refractivity contribution in [3.8, 4) is 10.4 Å². The van der Waals surface area contributed by atoms with Crippen LogP contribution in [0.5, 0.6) is 0 Å². The molecule has 3 atom stereocenters. The van der Waals surface area contributed by atoms with E-state index < -0.39 is 5.97 Å². The van der Waals surface area contributed by atoms with E-state index in [9.17, 15) is 14.3 Å². The third kappa shape index (κ3) is 3.23. The molecule has 0 radical (unpaired) electrons. The van der Waals surface area contributed by atoms with Gasteiger partial charge in [0.2, 0.25) is 0 Å². The minimum Gasteiger partial charge on any atom is -0.480 e. The summed E-state index contributed by atoms with van der Waals surface area (Å²) in [5, 5.41) is 9.64. The number of halogens is 1. The number of rotatable bonds is 4. The van der Waals surface area contributed by atoms with Crippen molar-refractivity contribution in [1.29, 1.82) is 0 Å². The van der Waals surface area contributed by atoms with Crippen molar-refractivity contribution in [3.05, 3.63) is 47.1 Å². The maximum absolute atomic E-state index is 14.0. The molecule has 1 aromatic carbocycles. The fourth-order valence-electron chi connectivity index (χ4n) is 4.47. The van der Waals surface area contributed by atoms with Crippen LogP contribution in [-0.2, 0) is 11.3 Å². The molecule has 1 saturated carbocycles. The molecule has 2 aromatic rings. The fourth-order valence-corrected chi connectivity index (χ4v) is 5.52. The summed E-state index contributed by atoms with van der Waals surface area (Å²) in [6, 6.07) is 10.8. The van der Waals surface area contributed by atoms with Crippen molar-refractivity contribution >= 4 is 17.3 Å². The molecule has 1 aromatic heterocycles. The number of benzene rings is 1. The first-order valence-electron chi connectivity index (χ1n) is 8.95. The van der Waals surface area contributed by atoms with Crippen molar-refractivity contribution < 1.29 is 14.3 Å². The van der Waals surface area contributed by atoms with Gasteiger partial charge in [-0.15, -0.1) is 11.3 Å². The number of carboxylic acids is 1. The van der Waals surface area contributed by atoms with Gasteiger partial charge in [-0.1, -0.05) is 31.0 Å². The van der Waals surface area contributed by atoms with Gasteiger partial charge in [0.25, 0.3) is 0 Å². The Morgan fingerprint density at radius 2 is 2.00 bits per heavy atom. The van der Waals surface area contributed by atoms with Crippen molar-refractivity contribution in [2.24, 2.45) is 5.92 Å². The maximum atomic E-state index is 14.0. The summed E-state index contributed by atoms with van der Waals surface area (Å²) in [7, 11) is 0. The standard InChI is InChI=1S/C20H22FNO2S/c21-16-7-3-2-6-15(16)19-10-9-14(25-19)12-22-17-8-4-1-5-13(17)11-18(22)20(23)24/h2-3,6-7,9-10,13,17-18H,1,4-5,8,11-12H2,(H,23,24). The number of carbonyl (C=O) groups is 1. The number of fused-ring (bicyclic) bond motifs is 1. The van der Waals surface area contributed by atoms with Gasteiger partial charge in [-0.25, -0.2) is 4.39 Å². The van der Waals surface area contributed by atoms with Gasteiger partial charge >= 0.3 is 5.97 Å². The van der Waals surface area contributed by atoms with Gasteiger partial charge in [-0.2, -0.15) is 0 Å². The van der Waals surface area contributed by atoms with E-state index in [1.807, 2.05) is 18.2 Å². The summed E-state index contributed by atoms with van der Waals surface area (Å²) >= 11 is 1.57. The molecule has 2 fully saturated rings. The zero-order valence-corrected chi connectivity index (χ0v) is 14.8. The number of likely N-dealkylation sites (tertiary alicyclic amines) is 1. The van der Waals surface area contributed by atoms with Crippen LogP contribution in [0.15, 0.2) is 36.4 Å². The first-order valence-corrected chi connectivity index (χ1v) is 9.77. The first-order chi connectivity index (χ1) is 12.1. The second-order valence-electron chi connectivity index (χ2n) is 7.12. The third-order valence-electron chi connectivity index (χ3n) is 5.65. The molecular weight excluding hydrogens is 337 g/mol. The molecule has 1 saturated heterocycles. The van der Waals surface area contributed by atoms with E-state index in [1.54, 1.807) is 23.5 Å². The van der Waals surface area contributed by atoms with Crippen molar-refractivity contribution in [2.45, 2.75) is 50.7 Å². The van der Waals surface area contributed by atoms with Crippen LogP contribution >= 0.6 is 11.3 Å². The Morgan fingerprint density at radius 1 is 1.20 bits per heavy atom. The number of nitrogens with zero attached hydrogens (tertiary/aromatic N) is 1. The van der Waals surface area contributed by atoms with Gasteiger partial charge < -0.3 is 5.11 Å². The zero-order valence-electron chi connectivity index (χ0n) is 14.0. The Bertz CT molecular complexity index is 775. The van der Waals surface area contributed by atoms with Gasteiger partial charge in [0, 0.05) is 27.9 Å². The second kappa shape index (κ2) is 6.89. The molecule has 1 N–H and O–H groups in total. The van der Waals surface area contributed by atoms with E-state index >= 15 is 0 Å². The van der Waals surface area contributed by atoms with E-state index in [0.717, 1.165) is 29.0 Å². The van der Waals surface area contributed by atoms with E-state index in [4.69, 9.17) is 0 Å². The molecular formula is C20H22FNO2S. The molecule has 2 aliphatic rings. The molecule has 3 nitrogen and oxygen atoms in total. The monoisotopic (exact) mass is 359 g/mol. The highest BCUT2D eigenvalue weighted by atomic mass is 32.1. The summed E-state index contributed by atoms with van der Waals surface area (Å²) in [6.07, 6.45) is 5.42. The number of thiophene rings is 1. The van der Waals surface area contributed by atoms with Gasteiger partial charge in [-0.3, -0.25) is 9.69 Å². The zero-order chi connectivity index (χ0) is 17.4. The van der Waals surface area contributed by atoms with Crippen LogP contribution < -0.4 is 0 Å². The van der Waals surface area contributed by atoms with Gasteiger partial charge in [-0.05, 0) is 43.4 Å². The van der Waals surface area contributed by atoms with Crippen LogP contribution in [-0.4, -0.2) is 28.1 Å². The van der Waals surface area contributed by atoms with Crippen LogP contribution in [0, 0.1) is 11.7 Å². The lowest BCUT2D eigenvalue weighted by molar-refractivity contribution is -0.142. The quantitative estimate of drug-likeness (QED) is 0.855. The van der Waals surface area contributed by atoms with Crippen LogP contribution in [0.1, 0.15) is 37.0 Å². The highest BCUT2D eigenvalue weighted by Crippen LogP contribution is 2.41. The van der Waals surface area contributed by atoms with Crippen LogP contribution in [0.3, 0.4) is 0 Å². The van der Waals surface area contributed by atoms with Crippen LogP contribution in [0.2, 0.25) is 0 Å². The average Bonchev–Trinajstić information content (AvgIpc) is 3.21. The predicted octanol–water partition coefficient (Wildman–Crippen LogP) is 4.77. The number of hydrogen-bond acceptors (Lipinski definition) is 3. The molecule has 25 heavy (non-hydrogen) atoms. The summed E-state index contributed by atoms with van der Waals surface area (Å²) in [5.41, 5.74) is 0.616. The molecule has 132 valence electrons. The van der Waals surface area contributed by atoms with Crippen molar-refractivity contribution in [1.82, 2.24) is 4.90 Å². The van der Waals surface area contributed by atoms with Crippen molar-refractivity contribution in [2.75, 3.05) is 0 Å². The van der Waals surface area contributed by atoms with E-state index in [2.05, 4.69) is 4.90 Å². The topological polar surface area (TPSA) is 40.5 Å². The second-order valence-corrected chi connectivity index (χ2v) is 8.29. The lowest BCUT2D eigenvalue weighted by atomic mass is 9.85. The number of carboxylic acid groups (broad SMARTS) is 1. The normalized spacial score (nSPS) is 26.5. The van der Waals surface area contributed by atoms with E-state index in [-0.39, 0.29) is 11.9 Å². The average molecular weight is 359 g/mol. The third-order valence-corrected chi connectivity index (χ3v) is 6.75. The smallest absolute Gasteiger partial charge is 0.320 e. The van der Waals surface area contributed by atoms with Crippen LogP contribution in [0.4, 0.5) is 4.39 Å². The van der Waals surface area contributed by atoms with E-state index in [0.29, 0.717) is 24.1 Å². The lowest BCUT2D eigenvalue weighted by Gasteiger charge is -2.32. The molecule has 3 unspecified atom stereocenters. The molecule has 5 heteroatoms. The minimum atomic E-state index is -0.708. The summed E-state index contributed by atoms with van der Waals surface area (Å²) < 4.78 is 14.0. The highest BCUT2D eigenvalue weighted by molar-refractivity contribution is 7.15. The molecule has 1 aliphatic carbocycles. The molecule has 0 bridgehead atoms. The number of hydrogen-bond donors (Lipinski definition) is 1. The fraction of sp³-hybridized carbons (Fsp3) is 0.450. The molecule has 0 amide bonds. The molecule has 2 heterocycles. The Hall–Kier alpha value is -1.72. The van der Waals surface area contributed by atoms with Crippen LogP contribution in [0.25, 0.3) is 10.4 Å². The molecule has 4 rings (SSSR count). The summed E-state index contributed by atoms with van der Waals surface area (Å²) in [4.78, 5) is 15.9. The molecule has 0 spiro atoms. The maximum Gasteiger partial charge on any atom is 0.320 e. The minimum absolute atomic E-state index is 0.215. The summed E-state index contributed by atoms with van der Waals surface area (Å²) in [6.45, 7) is 0.650. The number of aliphatic carboxylic acids is 1. The first kappa shape index (κ1) is 16.7. The van der Waals surface area contributed by atoms with Gasteiger partial charge in [0.1, 0.15) is 11.9 Å². The Morgan fingerprint density at radius 3 is 2.80 bits per heavy atom. The predicted molar refractivity (Wildman–Crippen MR) is 97.0 cm³/mol. The lowest BCUT2D eigenvalue weighted by Crippen LogP contribution is -2.41. The van der Waals surface area contributed by atoms with Gasteiger partial charge in [0.05, 0.1) is 0 Å². The largest absolute Gasteiger partial charge is 0.480 e. The Kier molecular flexibility index (Phi) is 4.61. The van der Waals surface area contributed by atoms with E-state index in [1.165, 1.54) is 18.9 Å². The van der Waals surface area contributed by atoms with Crippen molar-refractivity contribution in [3.63, 3.8) is 0 Å². The SMILES string of the molecule is O=C(O)C1CC2CCCCC2N1Cc1ccc(-c2ccccc2F)s1. The Labute approximate surface area is 151 Å². The Balaban J connectivity index is 1.56. The molecule has 1 aliphatic heterocycles. The van der Waals surface area contributed by atoms with Gasteiger partial charge in [0.15, 0.2) is 0 Å².